The van der Waals surface area contributed by atoms with Gasteiger partial charge in [-0.05, 0) is 31.9 Å². The second-order valence-corrected chi connectivity index (χ2v) is 7.32. The molecular weight excluding hydrogens is 366 g/mol. The van der Waals surface area contributed by atoms with Crippen LogP contribution in [0.15, 0.2) is 48.8 Å². The van der Waals surface area contributed by atoms with Crippen molar-refractivity contribution in [3.05, 3.63) is 54.4 Å². The molecule has 0 saturated carbocycles. The van der Waals surface area contributed by atoms with Crippen LogP contribution >= 0.6 is 0 Å². The maximum absolute atomic E-state index is 13.5. The van der Waals surface area contributed by atoms with Crippen molar-refractivity contribution in [2.45, 2.75) is 26.3 Å². The lowest BCUT2D eigenvalue weighted by Gasteiger charge is -2.27. The van der Waals surface area contributed by atoms with Gasteiger partial charge < -0.3 is 9.80 Å². The first kappa shape index (κ1) is 21.0. The topological polar surface area (TPSA) is 61.7 Å². The summed E-state index contributed by atoms with van der Waals surface area (Å²) < 4.78 is 1.73. The Kier molecular flexibility index (Phi) is 7.41. The highest BCUT2D eigenvalue weighted by Crippen LogP contribution is 2.21. The molecule has 0 radical (unpaired) electrons. The number of aromatic nitrogens is 2. The Balaban J connectivity index is 1.68. The molecule has 1 aromatic heterocycles. The third-order valence-corrected chi connectivity index (χ3v) is 5.51. The van der Waals surface area contributed by atoms with Crippen LogP contribution in [0, 0.1) is 0 Å². The van der Waals surface area contributed by atoms with Crippen LogP contribution in [-0.4, -0.2) is 82.1 Å². The van der Waals surface area contributed by atoms with Crippen LogP contribution in [0.5, 0.6) is 0 Å². The van der Waals surface area contributed by atoms with Crippen molar-refractivity contribution in [3.63, 3.8) is 0 Å². The van der Waals surface area contributed by atoms with E-state index >= 15 is 0 Å². The van der Waals surface area contributed by atoms with Gasteiger partial charge in [0.1, 0.15) is 0 Å². The van der Waals surface area contributed by atoms with Gasteiger partial charge in [0.25, 0.3) is 5.91 Å². The van der Waals surface area contributed by atoms with Crippen LogP contribution < -0.4 is 0 Å². The fourth-order valence-corrected chi connectivity index (χ4v) is 3.87. The molecule has 1 aromatic carbocycles. The van der Waals surface area contributed by atoms with Crippen LogP contribution in [0.2, 0.25) is 0 Å². The van der Waals surface area contributed by atoms with E-state index in [0.29, 0.717) is 26.2 Å². The van der Waals surface area contributed by atoms with Crippen molar-refractivity contribution < 1.29 is 9.59 Å². The van der Waals surface area contributed by atoms with Gasteiger partial charge in [0, 0.05) is 51.7 Å². The fourth-order valence-electron chi connectivity index (χ4n) is 3.87. The normalized spacial score (nSPS) is 16.3. The van der Waals surface area contributed by atoms with Crippen molar-refractivity contribution in [2.75, 3.05) is 45.8 Å². The second-order valence-electron chi connectivity index (χ2n) is 7.32. The molecule has 29 heavy (non-hydrogen) atoms. The average Bonchev–Trinajstić information content (AvgIpc) is 3.16. The Morgan fingerprint density at radius 2 is 1.79 bits per heavy atom. The highest BCUT2D eigenvalue weighted by molar-refractivity contribution is 5.83. The number of hydrogen-bond acceptors (Lipinski definition) is 4. The minimum absolute atomic E-state index is 0.0526. The van der Waals surface area contributed by atoms with Gasteiger partial charge in [0.05, 0.1) is 6.54 Å². The van der Waals surface area contributed by atoms with E-state index in [1.165, 1.54) is 0 Å². The summed E-state index contributed by atoms with van der Waals surface area (Å²) >= 11 is 0. The van der Waals surface area contributed by atoms with Gasteiger partial charge in [-0.3, -0.25) is 19.2 Å². The van der Waals surface area contributed by atoms with Gasteiger partial charge in [-0.15, -0.1) is 0 Å². The molecule has 0 bridgehead atoms. The lowest BCUT2D eigenvalue weighted by molar-refractivity contribution is -0.133. The first-order valence-electron chi connectivity index (χ1n) is 10.5. The summed E-state index contributed by atoms with van der Waals surface area (Å²) in [5.74, 6) is 0.213. The Morgan fingerprint density at radius 3 is 2.45 bits per heavy atom. The number of nitrogens with zero attached hydrogens (tertiary/aromatic N) is 5. The van der Waals surface area contributed by atoms with E-state index in [4.69, 9.17) is 0 Å². The molecule has 1 saturated heterocycles. The van der Waals surface area contributed by atoms with Gasteiger partial charge in [-0.1, -0.05) is 30.3 Å². The van der Waals surface area contributed by atoms with Crippen LogP contribution in [0.1, 0.15) is 31.9 Å². The molecule has 2 heterocycles. The second kappa shape index (κ2) is 10.2. The first-order chi connectivity index (χ1) is 14.1. The molecule has 0 N–H and O–H groups in total. The smallest absolute Gasteiger partial charge is 0.252 e. The predicted molar refractivity (Wildman–Crippen MR) is 112 cm³/mol. The van der Waals surface area contributed by atoms with Gasteiger partial charge in [-0.25, -0.2) is 0 Å². The van der Waals surface area contributed by atoms with E-state index in [0.717, 1.165) is 31.6 Å². The molecule has 1 aliphatic rings. The number of amides is 2. The summed E-state index contributed by atoms with van der Waals surface area (Å²) in [6, 6.07) is 11.2. The van der Waals surface area contributed by atoms with Crippen molar-refractivity contribution in [3.8, 4) is 0 Å². The Bertz CT molecular complexity index is 774. The number of hydrogen-bond donors (Lipinski definition) is 0. The van der Waals surface area contributed by atoms with E-state index < -0.39 is 6.04 Å². The van der Waals surface area contributed by atoms with Gasteiger partial charge in [0.2, 0.25) is 5.91 Å². The molecule has 1 atom stereocenters. The molecule has 7 heteroatoms. The lowest BCUT2D eigenvalue weighted by Crippen LogP contribution is -2.43. The maximum Gasteiger partial charge on any atom is 0.252 e. The largest absolute Gasteiger partial charge is 0.342 e. The van der Waals surface area contributed by atoms with Gasteiger partial charge in [-0.2, -0.15) is 5.10 Å². The van der Waals surface area contributed by atoms with E-state index in [2.05, 4.69) is 10.00 Å². The van der Waals surface area contributed by atoms with Gasteiger partial charge in [0.15, 0.2) is 6.04 Å². The summed E-state index contributed by atoms with van der Waals surface area (Å²) in [6.45, 7) is 8.74. The zero-order chi connectivity index (χ0) is 20.6. The molecular formula is C22H31N5O2. The van der Waals surface area contributed by atoms with Gasteiger partial charge >= 0.3 is 0 Å². The number of rotatable bonds is 7. The van der Waals surface area contributed by atoms with E-state index in [1.54, 1.807) is 10.9 Å². The quantitative estimate of drug-likeness (QED) is 0.716. The zero-order valence-electron chi connectivity index (χ0n) is 17.4. The fraction of sp³-hybridized carbons (Fsp3) is 0.500. The molecule has 0 unspecified atom stereocenters. The standard InChI is InChI=1S/C22H31N5O2/c1-3-25(4-2)20(28)18-24-13-9-14-26(17-16-24)22(29)21(27-15-8-12-23-27)19-10-6-5-7-11-19/h5-8,10-12,15,21H,3-4,9,13-14,16-18H2,1-2H3/t21-/m0/s1. The first-order valence-corrected chi connectivity index (χ1v) is 10.5. The molecule has 1 aliphatic heterocycles. The third-order valence-electron chi connectivity index (χ3n) is 5.51. The summed E-state index contributed by atoms with van der Waals surface area (Å²) in [4.78, 5) is 31.8. The van der Waals surface area contributed by atoms with E-state index in [1.807, 2.05) is 66.2 Å². The van der Waals surface area contributed by atoms with Crippen LogP contribution in [-0.2, 0) is 9.59 Å². The summed E-state index contributed by atoms with van der Waals surface area (Å²) in [7, 11) is 0. The van der Waals surface area contributed by atoms with Crippen LogP contribution in [0.25, 0.3) is 0 Å². The zero-order valence-corrected chi connectivity index (χ0v) is 17.4. The summed E-state index contributed by atoms with van der Waals surface area (Å²) in [5, 5.41) is 4.33. The maximum atomic E-state index is 13.5. The summed E-state index contributed by atoms with van der Waals surface area (Å²) in [5.41, 5.74) is 0.930. The molecule has 2 amide bonds. The van der Waals surface area contributed by atoms with Crippen molar-refractivity contribution in [1.82, 2.24) is 24.5 Å². The van der Waals surface area contributed by atoms with E-state index in [9.17, 15) is 9.59 Å². The molecule has 2 aromatic rings. The van der Waals surface area contributed by atoms with Crippen molar-refractivity contribution in [2.24, 2.45) is 0 Å². The molecule has 1 fully saturated rings. The van der Waals surface area contributed by atoms with E-state index in [-0.39, 0.29) is 11.8 Å². The highest BCUT2D eigenvalue weighted by atomic mass is 16.2. The average molecular weight is 398 g/mol. The Hall–Kier alpha value is -2.67. The number of carbonyl (C=O) groups is 2. The third kappa shape index (κ3) is 5.23. The lowest BCUT2D eigenvalue weighted by atomic mass is 10.1. The number of likely N-dealkylation sites (N-methyl/N-ethyl adjacent to an activating group) is 1. The molecule has 3 rings (SSSR count). The summed E-state index contributed by atoms with van der Waals surface area (Å²) in [6.07, 6.45) is 4.40. The monoisotopic (exact) mass is 397 g/mol. The minimum atomic E-state index is -0.463. The predicted octanol–water partition coefficient (Wildman–Crippen LogP) is 1.88. The number of benzene rings is 1. The number of carbonyl (C=O) groups excluding carboxylic acids is 2. The molecule has 0 aliphatic carbocycles. The SMILES string of the molecule is CCN(CC)C(=O)CN1CCCN(C(=O)[C@H](c2ccccc2)n2cccn2)CC1. The molecule has 0 spiro atoms. The Labute approximate surface area is 172 Å². The Morgan fingerprint density at radius 1 is 1.03 bits per heavy atom. The molecule has 7 nitrogen and oxygen atoms in total. The van der Waals surface area contributed by atoms with Crippen LogP contribution in [0.4, 0.5) is 0 Å². The van der Waals surface area contributed by atoms with Crippen molar-refractivity contribution >= 4 is 11.8 Å². The minimum Gasteiger partial charge on any atom is -0.342 e. The molecule has 156 valence electrons. The van der Waals surface area contributed by atoms with Crippen molar-refractivity contribution in [1.29, 1.82) is 0 Å². The highest BCUT2D eigenvalue weighted by Gasteiger charge is 2.29. The van der Waals surface area contributed by atoms with Crippen LogP contribution in [0.3, 0.4) is 0 Å².